The maximum absolute atomic E-state index is 9.00. The summed E-state index contributed by atoms with van der Waals surface area (Å²) in [7, 11) is 0. The highest BCUT2D eigenvalue weighted by Gasteiger charge is 2.06. The van der Waals surface area contributed by atoms with Crippen molar-refractivity contribution in [1.82, 2.24) is 9.97 Å². The number of para-hydroxylation sites is 1. The molecule has 0 unspecified atom stereocenters. The Labute approximate surface area is 129 Å². The number of benzene rings is 2. The minimum Gasteiger partial charge on any atom is -0.395 e. The summed E-state index contributed by atoms with van der Waals surface area (Å²) >= 11 is 0. The van der Waals surface area contributed by atoms with Crippen LogP contribution >= 0.6 is 0 Å². The monoisotopic (exact) mass is 294 g/mol. The molecule has 0 amide bonds. The lowest BCUT2D eigenvalue weighted by Crippen LogP contribution is -2.10. The molecule has 0 spiro atoms. The average Bonchev–Trinajstić information content (AvgIpc) is 2.58. The Hall–Kier alpha value is -2.66. The van der Waals surface area contributed by atoms with Gasteiger partial charge in [-0.25, -0.2) is 4.98 Å². The van der Waals surface area contributed by atoms with Crippen molar-refractivity contribution in [3.63, 3.8) is 0 Å². The van der Waals surface area contributed by atoms with Crippen LogP contribution in [0.5, 0.6) is 0 Å². The smallest absolute Gasteiger partial charge is 0.225 e. The number of fused-ring (bicyclic) bond motifs is 1. The molecular formula is C17H18N4O. The van der Waals surface area contributed by atoms with E-state index in [1.54, 1.807) is 0 Å². The number of aromatic nitrogens is 2. The summed E-state index contributed by atoms with van der Waals surface area (Å²) in [5.74, 6) is 1.30. The molecule has 3 N–H and O–H groups in total. The van der Waals surface area contributed by atoms with Gasteiger partial charge in [-0.2, -0.15) is 4.98 Å². The quantitative estimate of drug-likeness (QED) is 0.652. The molecule has 5 nitrogen and oxygen atoms in total. The van der Waals surface area contributed by atoms with Gasteiger partial charge in [-0.3, -0.25) is 0 Å². The summed E-state index contributed by atoms with van der Waals surface area (Å²) in [6, 6.07) is 17.9. The summed E-state index contributed by atoms with van der Waals surface area (Å²) < 4.78 is 0. The Kier molecular flexibility index (Phi) is 4.46. The maximum Gasteiger partial charge on any atom is 0.225 e. The molecule has 0 radical (unpaired) electrons. The van der Waals surface area contributed by atoms with Gasteiger partial charge < -0.3 is 15.7 Å². The lowest BCUT2D eigenvalue weighted by molar-refractivity contribution is 0.311. The molecule has 112 valence electrons. The van der Waals surface area contributed by atoms with Crippen LogP contribution in [-0.2, 0) is 6.54 Å². The van der Waals surface area contributed by atoms with E-state index in [-0.39, 0.29) is 6.61 Å². The predicted octanol–water partition coefficient (Wildman–Crippen LogP) is 2.65. The van der Waals surface area contributed by atoms with Gasteiger partial charge in [0.25, 0.3) is 0 Å². The van der Waals surface area contributed by atoms with E-state index >= 15 is 0 Å². The van der Waals surface area contributed by atoms with Gasteiger partial charge in [-0.1, -0.05) is 42.5 Å². The first kappa shape index (κ1) is 14.3. The van der Waals surface area contributed by atoms with Crippen LogP contribution in [0.25, 0.3) is 10.9 Å². The maximum atomic E-state index is 9.00. The van der Waals surface area contributed by atoms with Crippen molar-refractivity contribution in [2.75, 3.05) is 23.8 Å². The third-order valence-electron chi connectivity index (χ3n) is 3.30. The molecule has 22 heavy (non-hydrogen) atoms. The molecule has 0 fully saturated rings. The van der Waals surface area contributed by atoms with E-state index in [0.29, 0.717) is 19.0 Å². The number of hydrogen-bond acceptors (Lipinski definition) is 5. The molecule has 0 atom stereocenters. The third-order valence-corrected chi connectivity index (χ3v) is 3.30. The summed E-state index contributed by atoms with van der Waals surface area (Å²) in [6.45, 7) is 1.18. The fourth-order valence-corrected chi connectivity index (χ4v) is 2.24. The molecule has 1 heterocycles. The third kappa shape index (κ3) is 3.32. The Bertz CT molecular complexity index is 746. The van der Waals surface area contributed by atoms with Gasteiger partial charge in [-0.15, -0.1) is 0 Å². The van der Waals surface area contributed by atoms with Gasteiger partial charge >= 0.3 is 0 Å². The molecule has 0 aliphatic rings. The zero-order valence-corrected chi connectivity index (χ0v) is 12.2. The molecule has 0 bridgehead atoms. The van der Waals surface area contributed by atoms with Gasteiger partial charge in [-0.05, 0) is 17.7 Å². The van der Waals surface area contributed by atoms with E-state index in [0.717, 1.165) is 16.7 Å². The minimum absolute atomic E-state index is 0.0606. The molecular weight excluding hydrogens is 276 g/mol. The number of aliphatic hydroxyl groups is 1. The number of anilines is 2. The van der Waals surface area contributed by atoms with Crippen LogP contribution in [-0.4, -0.2) is 28.2 Å². The van der Waals surface area contributed by atoms with Crippen LogP contribution in [0, 0.1) is 0 Å². The lowest BCUT2D eigenvalue weighted by atomic mass is 10.2. The Morgan fingerprint density at radius 3 is 2.45 bits per heavy atom. The number of aliphatic hydroxyl groups excluding tert-OH is 1. The lowest BCUT2D eigenvalue weighted by Gasteiger charge is -2.11. The first-order valence-corrected chi connectivity index (χ1v) is 7.26. The van der Waals surface area contributed by atoms with Crippen LogP contribution < -0.4 is 10.6 Å². The van der Waals surface area contributed by atoms with Crippen molar-refractivity contribution in [3.05, 3.63) is 60.2 Å². The summed E-state index contributed by atoms with van der Waals surface area (Å²) in [5, 5.41) is 16.3. The molecule has 2 aromatic carbocycles. The number of nitrogens with zero attached hydrogens (tertiary/aromatic N) is 2. The first-order chi connectivity index (χ1) is 10.9. The topological polar surface area (TPSA) is 70.1 Å². The second kappa shape index (κ2) is 6.87. The fraction of sp³-hybridized carbons (Fsp3) is 0.176. The summed E-state index contributed by atoms with van der Waals surface area (Å²) in [5.41, 5.74) is 2.04. The van der Waals surface area contributed by atoms with Crippen molar-refractivity contribution in [2.24, 2.45) is 0 Å². The van der Waals surface area contributed by atoms with Crippen LogP contribution in [0.15, 0.2) is 54.6 Å². The average molecular weight is 294 g/mol. The van der Waals surface area contributed by atoms with Gasteiger partial charge in [0, 0.05) is 18.5 Å². The van der Waals surface area contributed by atoms with Crippen molar-refractivity contribution in [3.8, 4) is 0 Å². The van der Waals surface area contributed by atoms with Crippen molar-refractivity contribution in [1.29, 1.82) is 0 Å². The van der Waals surface area contributed by atoms with Crippen LogP contribution in [0.1, 0.15) is 5.56 Å². The summed E-state index contributed by atoms with van der Waals surface area (Å²) in [4.78, 5) is 9.04. The van der Waals surface area contributed by atoms with Crippen LogP contribution in [0.2, 0.25) is 0 Å². The van der Waals surface area contributed by atoms with Gasteiger partial charge in [0.1, 0.15) is 5.82 Å². The normalized spacial score (nSPS) is 10.6. The second-order valence-corrected chi connectivity index (χ2v) is 4.90. The molecule has 0 aliphatic heterocycles. The Morgan fingerprint density at radius 2 is 1.64 bits per heavy atom. The van der Waals surface area contributed by atoms with Gasteiger partial charge in [0.05, 0.1) is 12.1 Å². The molecule has 0 saturated carbocycles. The van der Waals surface area contributed by atoms with E-state index in [2.05, 4.69) is 32.7 Å². The van der Waals surface area contributed by atoms with E-state index in [9.17, 15) is 0 Å². The van der Waals surface area contributed by atoms with E-state index < -0.39 is 0 Å². The van der Waals surface area contributed by atoms with Gasteiger partial charge in [0.2, 0.25) is 5.95 Å². The minimum atomic E-state index is 0.0606. The Morgan fingerprint density at radius 1 is 0.864 bits per heavy atom. The van der Waals surface area contributed by atoms with Crippen molar-refractivity contribution >= 4 is 22.7 Å². The second-order valence-electron chi connectivity index (χ2n) is 4.90. The van der Waals surface area contributed by atoms with Crippen molar-refractivity contribution < 1.29 is 5.11 Å². The van der Waals surface area contributed by atoms with Crippen LogP contribution in [0.3, 0.4) is 0 Å². The number of hydrogen-bond donors (Lipinski definition) is 3. The van der Waals surface area contributed by atoms with E-state index in [1.807, 2.05) is 42.5 Å². The predicted molar refractivity (Wildman–Crippen MR) is 88.9 cm³/mol. The van der Waals surface area contributed by atoms with Crippen molar-refractivity contribution in [2.45, 2.75) is 6.54 Å². The SMILES string of the molecule is OCCNc1nc(NCc2ccccc2)nc2ccccc12. The zero-order chi connectivity index (χ0) is 15.2. The van der Waals surface area contributed by atoms with Crippen LogP contribution in [0.4, 0.5) is 11.8 Å². The molecule has 3 rings (SSSR count). The summed E-state index contributed by atoms with van der Waals surface area (Å²) in [6.07, 6.45) is 0. The number of rotatable bonds is 6. The van der Waals surface area contributed by atoms with Gasteiger partial charge in [0.15, 0.2) is 0 Å². The standard InChI is InChI=1S/C17H18N4O/c22-11-10-18-16-14-8-4-5-9-15(14)20-17(21-16)19-12-13-6-2-1-3-7-13/h1-9,22H,10-12H2,(H2,18,19,20,21). The molecule has 0 saturated heterocycles. The van der Waals surface area contributed by atoms with E-state index in [4.69, 9.17) is 5.11 Å². The fourth-order valence-electron chi connectivity index (χ4n) is 2.24. The number of nitrogens with one attached hydrogen (secondary N) is 2. The molecule has 5 heteroatoms. The highest BCUT2D eigenvalue weighted by molar-refractivity contribution is 5.89. The molecule has 1 aromatic heterocycles. The zero-order valence-electron chi connectivity index (χ0n) is 12.2. The first-order valence-electron chi connectivity index (χ1n) is 7.26. The molecule has 0 aliphatic carbocycles. The Balaban J connectivity index is 1.86. The highest BCUT2D eigenvalue weighted by atomic mass is 16.3. The molecule has 3 aromatic rings. The largest absolute Gasteiger partial charge is 0.395 e. The van der Waals surface area contributed by atoms with E-state index in [1.165, 1.54) is 5.56 Å². The highest BCUT2D eigenvalue weighted by Crippen LogP contribution is 2.21.